The van der Waals surface area contributed by atoms with Gasteiger partial charge < -0.3 is 14.4 Å². The van der Waals surface area contributed by atoms with Crippen LogP contribution in [0.25, 0.3) is 0 Å². The molecule has 1 saturated carbocycles. The number of fused-ring (bicyclic) bond motifs is 2. The monoisotopic (exact) mass is 379 g/mol. The second-order valence-corrected chi connectivity index (χ2v) is 9.02. The number of amides is 1. The van der Waals surface area contributed by atoms with Gasteiger partial charge in [-0.05, 0) is 42.2 Å². The molecule has 1 aromatic carbocycles. The van der Waals surface area contributed by atoms with Crippen LogP contribution in [0.5, 0.6) is 5.75 Å². The molecule has 1 heterocycles. The lowest BCUT2D eigenvalue weighted by Gasteiger charge is -2.39. The number of ether oxygens (including phenoxy) is 2. The lowest BCUT2D eigenvalue weighted by molar-refractivity contribution is -0.154. The Kier molecular flexibility index (Phi) is 5.20. The van der Waals surface area contributed by atoms with Gasteiger partial charge in [0.15, 0.2) is 13.2 Å². The van der Waals surface area contributed by atoms with Crippen molar-refractivity contribution >= 4 is 23.5 Å². The van der Waals surface area contributed by atoms with Crippen molar-refractivity contribution in [1.29, 1.82) is 0 Å². The van der Waals surface area contributed by atoms with Crippen molar-refractivity contribution in [3.05, 3.63) is 29.3 Å². The number of esters is 1. The van der Waals surface area contributed by atoms with E-state index in [9.17, 15) is 9.59 Å². The summed E-state index contributed by atoms with van der Waals surface area (Å²) in [5, 5.41) is 0.427. The van der Waals surface area contributed by atoms with E-state index < -0.39 is 5.97 Å². The van der Waals surface area contributed by atoms with E-state index in [1.54, 1.807) is 24.3 Å². The first kappa shape index (κ1) is 19.0. The average Bonchev–Trinajstić information content (AvgIpc) is 2.80. The van der Waals surface area contributed by atoms with E-state index in [-0.39, 0.29) is 36.0 Å². The molecular weight excluding hydrogens is 354 g/mol. The number of benzene rings is 1. The Bertz CT molecular complexity index is 705. The SMILES string of the molecule is CC1(C)C[C@H]2C[C@](C)(CN2C(=O)COC(=O)COc2ccccc2Cl)C1. The normalized spacial score (nSPS) is 26.5. The number of hydrogen-bond acceptors (Lipinski definition) is 4. The highest BCUT2D eigenvalue weighted by Crippen LogP contribution is 2.52. The molecule has 0 spiro atoms. The summed E-state index contributed by atoms with van der Waals surface area (Å²) in [6.45, 7) is 7.00. The number of rotatable bonds is 5. The molecule has 0 N–H and O–H groups in total. The van der Waals surface area contributed by atoms with Gasteiger partial charge in [-0.2, -0.15) is 0 Å². The molecule has 1 aliphatic carbocycles. The van der Waals surface area contributed by atoms with E-state index in [2.05, 4.69) is 20.8 Å². The van der Waals surface area contributed by atoms with Crippen LogP contribution >= 0.6 is 11.6 Å². The number of para-hydroxylation sites is 1. The fourth-order valence-electron chi connectivity index (χ4n) is 4.72. The predicted molar refractivity (Wildman–Crippen MR) is 99.1 cm³/mol. The maximum absolute atomic E-state index is 12.6. The van der Waals surface area contributed by atoms with Crippen molar-refractivity contribution in [2.75, 3.05) is 19.8 Å². The van der Waals surface area contributed by atoms with Crippen LogP contribution in [0.2, 0.25) is 5.02 Å². The van der Waals surface area contributed by atoms with Crippen molar-refractivity contribution in [2.24, 2.45) is 10.8 Å². The van der Waals surface area contributed by atoms with Gasteiger partial charge in [0.1, 0.15) is 5.75 Å². The minimum atomic E-state index is -0.577. The summed E-state index contributed by atoms with van der Waals surface area (Å²) in [4.78, 5) is 26.3. The van der Waals surface area contributed by atoms with E-state index in [4.69, 9.17) is 21.1 Å². The van der Waals surface area contributed by atoms with Crippen molar-refractivity contribution in [2.45, 2.75) is 46.1 Å². The molecule has 0 radical (unpaired) electrons. The number of likely N-dealkylation sites (tertiary alicyclic amines) is 1. The summed E-state index contributed by atoms with van der Waals surface area (Å²) in [6.07, 6.45) is 3.15. The summed E-state index contributed by atoms with van der Waals surface area (Å²) in [5.41, 5.74) is 0.408. The van der Waals surface area contributed by atoms with Gasteiger partial charge >= 0.3 is 5.97 Å². The van der Waals surface area contributed by atoms with Crippen molar-refractivity contribution in [3.63, 3.8) is 0 Å². The molecule has 0 aromatic heterocycles. The van der Waals surface area contributed by atoms with Crippen LogP contribution in [0.4, 0.5) is 0 Å². The average molecular weight is 380 g/mol. The highest BCUT2D eigenvalue weighted by molar-refractivity contribution is 6.32. The van der Waals surface area contributed by atoms with Crippen molar-refractivity contribution in [1.82, 2.24) is 4.90 Å². The molecule has 142 valence electrons. The van der Waals surface area contributed by atoms with Crippen LogP contribution in [0.3, 0.4) is 0 Å². The molecule has 6 heteroatoms. The quantitative estimate of drug-likeness (QED) is 0.732. The molecule has 0 unspecified atom stereocenters. The van der Waals surface area contributed by atoms with Crippen LogP contribution in [0, 0.1) is 10.8 Å². The summed E-state index contributed by atoms with van der Waals surface area (Å²) >= 11 is 5.97. The number of hydrogen-bond donors (Lipinski definition) is 0. The number of halogens is 1. The van der Waals surface area contributed by atoms with E-state index in [0.717, 1.165) is 25.8 Å². The van der Waals surface area contributed by atoms with Crippen molar-refractivity contribution in [3.8, 4) is 5.75 Å². The molecule has 1 amide bonds. The van der Waals surface area contributed by atoms with Crippen LogP contribution in [-0.4, -0.2) is 42.6 Å². The maximum atomic E-state index is 12.6. The summed E-state index contributed by atoms with van der Waals surface area (Å²) in [6, 6.07) is 7.14. The zero-order chi connectivity index (χ0) is 18.9. The standard InChI is InChI=1S/C20H26ClNO4/c1-19(2)8-14-9-20(3,12-19)13-22(14)17(23)10-26-18(24)11-25-16-7-5-4-6-15(16)21/h4-7,14H,8-13H2,1-3H3/t14-,20-/m0/s1. The van der Waals surface area contributed by atoms with Crippen molar-refractivity contribution < 1.29 is 19.1 Å². The van der Waals surface area contributed by atoms with Gasteiger partial charge in [0.25, 0.3) is 5.91 Å². The molecule has 2 aliphatic rings. The first-order valence-electron chi connectivity index (χ1n) is 9.00. The number of nitrogens with zero attached hydrogens (tertiary/aromatic N) is 1. The molecular formula is C20H26ClNO4. The topological polar surface area (TPSA) is 55.8 Å². The Balaban J connectivity index is 1.48. The third kappa shape index (κ3) is 4.32. The smallest absolute Gasteiger partial charge is 0.344 e. The van der Waals surface area contributed by atoms with Gasteiger partial charge in [-0.3, -0.25) is 4.79 Å². The summed E-state index contributed by atoms with van der Waals surface area (Å²) in [7, 11) is 0. The largest absolute Gasteiger partial charge is 0.480 e. The Morgan fingerprint density at radius 3 is 2.65 bits per heavy atom. The van der Waals surface area contributed by atoms with Gasteiger partial charge in [-0.25, -0.2) is 4.79 Å². The van der Waals surface area contributed by atoms with Gasteiger partial charge in [0, 0.05) is 12.6 Å². The van der Waals surface area contributed by atoms with Gasteiger partial charge in [0.2, 0.25) is 0 Å². The van der Waals surface area contributed by atoms with E-state index in [0.29, 0.717) is 10.8 Å². The fourth-order valence-corrected chi connectivity index (χ4v) is 4.91. The summed E-state index contributed by atoms with van der Waals surface area (Å²) < 4.78 is 10.5. The Morgan fingerprint density at radius 1 is 1.19 bits per heavy atom. The molecule has 3 rings (SSSR count). The minimum Gasteiger partial charge on any atom is -0.480 e. The highest BCUT2D eigenvalue weighted by atomic mass is 35.5. The summed E-state index contributed by atoms with van der Waals surface area (Å²) in [5.74, 6) is -0.282. The van der Waals surface area contributed by atoms with Crippen LogP contribution < -0.4 is 4.74 Å². The molecule has 2 bridgehead atoms. The number of carbonyl (C=O) groups is 2. The van der Waals surface area contributed by atoms with Gasteiger partial charge in [-0.1, -0.05) is 44.5 Å². The van der Waals surface area contributed by atoms with E-state index >= 15 is 0 Å². The van der Waals surface area contributed by atoms with Gasteiger partial charge in [0.05, 0.1) is 5.02 Å². The van der Waals surface area contributed by atoms with Crippen LogP contribution in [-0.2, 0) is 14.3 Å². The fraction of sp³-hybridized carbons (Fsp3) is 0.600. The van der Waals surface area contributed by atoms with Crippen LogP contribution in [0.1, 0.15) is 40.0 Å². The van der Waals surface area contributed by atoms with Gasteiger partial charge in [-0.15, -0.1) is 0 Å². The maximum Gasteiger partial charge on any atom is 0.344 e. The minimum absolute atomic E-state index is 0.123. The Labute approximate surface area is 159 Å². The Hall–Kier alpha value is -1.75. The second kappa shape index (κ2) is 7.10. The van der Waals surface area contributed by atoms with Crippen LogP contribution in [0.15, 0.2) is 24.3 Å². The molecule has 2 fully saturated rings. The molecule has 26 heavy (non-hydrogen) atoms. The third-order valence-corrected chi connectivity index (χ3v) is 5.59. The Morgan fingerprint density at radius 2 is 1.92 bits per heavy atom. The molecule has 2 atom stereocenters. The lowest BCUT2D eigenvalue weighted by Crippen LogP contribution is -2.40. The molecule has 1 saturated heterocycles. The lowest BCUT2D eigenvalue weighted by atomic mass is 9.65. The molecule has 5 nitrogen and oxygen atoms in total. The highest BCUT2D eigenvalue weighted by Gasteiger charge is 2.50. The number of carbonyl (C=O) groups excluding carboxylic acids is 2. The van der Waals surface area contributed by atoms with E-state index in [1.165, 1.54) is 0 Å². The van der Waals surface area contributed by atoms with E-state index in [1.807, 2.05) is 4.90 Å². The predicted octanol–water partition coefficient (Wildman–Crippen LogP) is 3.69. The third-order valence-electron chi connectivity index (χ3n) is 5.27. The molecule has 1 aromatic rings. The first-order chi connectivity index (χ1) is 12.2. The zero-order valence-electron chi connectivity index (χ0n) is 15.6. The molecule has 1 aliphatic heterocycles. The first-order valence-corrected chi connectivity index (χ1v) is 9.38. The zero-order valence-corrected chi connectivity index (χ0v) is 16.3. The second-order valence-electron chi connectivity index (χ2n) is 8.62.